The summed E-state index contributed by atoms with van der Waals surface area (Å²) in [4.78, 5) is 9.81. The summed E-state index contributed by atoms with van der Waals surface area (Å²) < 4.78 is 4.69. The molecule has 2 heteroatoms. The van der Waals surface area contributed by atoms with Crippen molar-refractivity contribution in [2.24, 2.45) is 0 Å². The Morgan fingerprint density at radius 1 is 1.07 bits per heavy atom. The molecule has 0 rings (SSSR count). The van der Waals surface area contributed by atoms with Crippen LogP contribution in [0.15, 0.2) is 0 Å². The highest BCUT2D eigenvalue weighted by Crippen LogP contribution is 1.71. The molecule has 0 aromatic heterocycles. The zero-order chi connectivity index (χ0) is 12.4. The van der Waals surface area contributed by atoms with Crippen molar-refractivity contribution in [3.8, 4) is 0 Å². The number of hydrogen-bond donors (Lipinski definition) is 0. The number of ether oxygens (including phenoxy) is 1. The molecule has 0 saturated carbocycles. The zero-order valence-corrected chi connectivity index (χ0v) is 11.4. The highest BCUT2D eigenvalue weighted by Gasteiger charge is 1.76. The van der Waals surface area contributed by atoms with E-state index in [1.54, 1.807) is 14.0 Å². The number of methoxy groups -OCH3 is 1. The lowest BCUT2D eigenvalue weighted by atomic mass is 10.4. The molecule has 0 aliphatic carbocycles. The molecule has 0 bridgehead atoms. The summed E-state index contributed by atoms with van der Waals surface area (Å²) in [6, 6.07) is 0. The van der Waals surface area contributed by atoms with Gasteiger partial charge in [0.05, 0.1) is 0 Å². The monoisotopic (exact) mass is 206 g/mol. The predicted octanol–water partition coefficient (Wildman–Crippen LogP) is 4.08. The molecule has 0 N–H and O–H groups in total. The first kappa shape index (κ1) is 23.4. The van der Waals surface area contributed by atoms with E-state index in [4.69, 9.17) is 4.74 Å². The average Bonchev–Trinajstić information content (AvgIpc) is 2.26. The molecule has 0 fully saturated rings. The minimum Gasteiger partial charge on any atom is -0.385 e. The van der Waals surface area contributed by atoms with E-state index in [0.717, 1.165) is 13.0 Å². The van der Waals surface area contributed by atoms with Crippen molar-refractivity contribution >= 4 is 5.78 Å². The van der Waals surface area contributed by atoms with E-state index in [0.29, 0.717) is 6.42 Å². The van der Waals surface area contributed by atoms with Crippen LogP contribution in [0.1, 0.15) is 61.3 Å². The van der Waals surface area contributed by atoms with Crippen LogP contribution in [0.25, 0.3) is 0 Å². The first-order valence-corrected chi connectivity index (χ1v) is 5.67. The molecule has 0 aliphatic heterocycles. The van der Waals surface area contributed by atoms with Crippen molar-refractivity contribution < 1.29 is 9.53 Å². The van der Waals surface area contributed by atoms with Crippen LogP contribution in [0, 0.1) is 0 Å². The fourth-order valence-electron chi connectivity index (χ4n) is 0.204. The van der Waals surface area contributed by atoms with Crippen LogP contribution in [0.3, 0.4) is 0 Å². The standard InChI is InChI=1S/C4H10O.C4H8O.2C2H6/c1-3-4-5-2;1-3-4(2)5;2*1-2/h3-4H2,1-2H3;3H2,1-2H3;2*1-2H3. The molecule has 0 saturated heterocycles. The summed E-state index contributed by atoms with van der Waals surface area (Å²) in [5.74, 6) is 0.255. The van der Waals surface area contributed by atoms with E-state index in [1.807, 2.05) is 34.6 Å². The van der Waals surface area contributed by atoms with Gasteiger partial charge in [0.15, 0.2) is 0 Å². The number of carbonyl (C=O) groups excluding carboxylic acids is 1. The smallest absolute Gasteiger partial charge is 0.129 e. The lowest BCUT2D eigenvalue weighted by Gasteiger charge is -1.84. The molecule has 0 aromatic rings. The summed E-state index contributed by atoms with van der Waals surface area (Å²) in [7, 11) is 1.71. The van der Waals surface area contributed by atoms with Crippen LogP contribution in [0.5, 0.6) is 0 Å². The van der Waals surface area contributed by atoms with Gasteiger partial charge < -0.3 is 9.53 Å². The van der Waals surface area contributed by atoms with Crippen molar-refractivity contribution in [2.75, 3.05) is 13.7 Å². The first-order valence-electron chi connectivity index (χ1n) is 5.67. The Balaban J connectivity index is -0.0000000528. The Morgan fingerprint density at radius 2 is 1.36 bits per heavy atom. The fraction of sp³-hybridized carbons (Fsp3) is 0.917. The van der Waals surface area contributed by atoms with Gasteiger partial charge in [0.25, 0.3) is 0 Å². The molecule has 2 nitrogen and oxygen atoms in total. The third-order valence-corrected chi connectivity index (χ3v) is 0.906. The maximum atomic E-state index is 9.81. The van der Waals surface area contributed by atoms with Crippen molar-refractivity contribution in [1.82, 2.24) is 0 Å². The summed E-state index contributed by atoms with van der Waals surface area (Å²) in [5, 5.41) is 0. The third kappa shape index (κ3) is 99.7. The van der Waals surface area contributed by atoms with Crippen molar-refractivity contribution in [2.45, 2.75) is 61.3 Å². The number of carbonyl (C=O) groups is 1. The van der Waals surface area contributed by atoms with Gasteiger partial charge in [0.2, 0.25) is 0 Å². The van der Waals surface area contributed by atoms with E-state index < -0.39 is 0 Å². The Bertz CT molecular complexity index is 68.7. The second-order valence-corrected chi connectivity index (χ2v) is 2.05. The summed E-state index contributed by atoms with van der Waals surface area (Å²) in [6.45, 7) is 14.4. The van der Waals surface area contributed by atoms with Gasteiger partial charge >= 0.3 is 0 Å². The predicted molar refractivity (Wildman–Crippen MR) is 65.8 cm³/mol. The van der Waals surface area contributed by atoms with E-state index in [1.165, 1.54) is 0 Å². The summed E-state index contributed by atoms with van der Waals surface area (Å²) in [6.07, 6.45) is 1.79. The Morgan fingerprint density at radius 3 is 1.36 bits per heavy atom. The summed E-state index contributed by atoms with van der Waals surface area (Å²) >= 11 is 0. The highest BCUT2D eigenvalue weighted by molar-refractivity contribution is 5.74. The van der Waals surface area contributed by atoms with Gasteiger partial charge in [0.1, 0.15) is 5.78 Å². The first-order chi connectivity index (χ1) is 6.68. The van der Waals surface area contributed by atoms with E-state index in [2.05, 4.69) is 6.92 Å². The molecular formula is C12H30O2. The lowest BCUT2D eigenvalue weighted by molar-refractivity contribution is -0.116. The van der Waals surface area contributed by atoms with Gasteiger partial charge in [-0.1, -0.05) is 41.5 Å². The molecular weight excluding hydrogens is 176 g/mol. The number of rotatable bonds is 3. The normalized spacial score (nSPS) is 6.57. The number of Topliss-reactive ketones (excluding diaryl/α,β-unsaturated/α-hetero) is 1. The molecule has 0 unspecified atom stereocenters. The van der Waals surface area contributed by atoms with Gasteiger partial charge in [-0.05, 0) is 13.3 Å². The average molecular weight is 206 g/mol. The molecule has 0 heterocycles. The molecule has 0 spiro atoms. The van der Waals surface area contributed by atoms with Gasteiger partial charge in [-0.25, -0.2) is 0 Å². The topological polar surface area (TPSA) is 26.3 Å². The SMILES string of the molecule is CC.CC.CCC(C)=O.CCCOC. The molecule has 90 valence electrons. The highest BCUT2D eigenvalue weighted by atomic mass is 16.5. The number of ketones is 1. The molecule has 0 amide bonds. The van der Waals surface area contributed by atoms with E-state index in [-0.39, 0.29) is 5.78 Å². The third-order valence-electron chi connectivity index (χ3n) is 0.906. The van der Waals surface area contributed by atoms with Gasteiger partial charge in [-0.15, -0.1) is 0 Å². The van der Waals surface area contributed by atoms with Gasteiger partial charge in [-0.2, -0.15) is 0 Å². The minimum atomic E-state index is 0.255. The van der Waals surface area contributed by atoms with Crippen LogP contribution in [0.4, 0.5) is 0 Å². The maximum Gasteiger partial charge on any atom is 0.129 e. The van der Waals surface area contributed by atoms with Crippen molar-refractivity contribution in [1.29, 1.82) is 0 Å². The summed E-state index contributed by atoms with van der Waals surface area (Å²) in [5.41, 5.74) is 0. The Labute approximate surface area is 91.0 Å². The lowest BCUT2D eigenvalue weighted by Crippen LogP contribution is -1.80. The largest absolute Gasteiger partial charge is 0.385 e. The van der Waals surface area contributed by atoms with Crippen LogP contribution in [0.2, 0.25) is 0 Å². The molecule has 0 aromatic carbocycles. The Hall–Kier alpha value is -0.370. The quantitative estimate of drug-likeness (QED) is 0.695. The zero-order valence-electron chi connectivity index (χ0n) is 11.4. The van der Waals surface area contributed by atoms with Crippen LogP contribution in [-0.4, -0.2) is 19.5 Å². The van der Waals surface area contributed by atoms with E-state index in [9.17, 15) is 4.79 Å². The van der Waals surface area contributed by atoms with Crippen molar-refractivity contribution in [3.63, 3.8) is 0 Å². The van der Waals surface area contributed by atoms with Gasteiger partial charge in [0, 0.05) is 20.1 Å². The second kappa shape index (κ2) is 38.9. The molecule has 0 aliphatic rings. The van der Waals surface area contributed by atoms with Crippen molar-refractivity contribution in [3.05, 3.63) is 0 Å². The fourth-order valence-corrected chi connectivity index (χ4v) is 0.204. The number of hydrogen-bond acceptors (Lipinski definition) is 2. The second-order valence-electron chi connectivity index (χ2n) is 2.05. The van der Waals surface area contributed by atoms with Crippen LogP contribution >= 0.6 is 0 Å². The van der Waals surface area contributed by atoms with Crippen LogP contribution in [-0.2, 0) is 9.53 Å². The van der Waals surface area contributed by atoms with E-state index >= 15 is 0 Å². The van der Waals surface area contributed by atoms with Crippen LogP contribution < -0.4 is 0 Å². The maximum absolute atomic E-state index is 9.81. The molecule has 0 radical (unpaired) electrons. The Kier molecular flexibility index (Phi) is 65.1. The molecule has 14 heavy (non-hydrogen) atoms. The minimum absolute atomic E-state index is 0.255. The molecule has 0 atom stereocenters. The van der Waals surface area contributed by atoms with Gasteiger partial charge in [-0.3, -0.25) is 0 Å².